The van der Waals surface area contributed by atoms with Crippen molar-refractivity contribution in [2.45, 2.75) is 25.5 Å². The van der Waals surface area contributed by atoms with Crippen LogP contribution < -0.4 is 4.72 Å². The monoisotopic (exact) mass is 339 g/mol. The molecular weight excluding hydrogens is 325 g/mol. The number of hydrogen-bond acceptors (Lipinski definition) is 2. The first-order valence-electron chi connectivity index (χ1n) is 4.50. The highest BCUT2D eigenvalue weighted by Gasteiger charge is 2.28. The smallest absolute Gasteiger partial charge is 0.237 e. The molecular formula is C10H14INO2S. The van der Waals surface area contributed by atoms with Crippen molar-refractivity contribution in [2.24, 2.45) is 0 Å². The Labute approximate surface area is 104 Å². The van der Waals surface area contributed by atoms with Gasteiger partial charge in [0.2, 0.25) is 10.0 Å². The summed E-state index contributed by atoms with van der Waals surface area (Å²) in [6, 6.07) is 7.27. The number of benzene rings is 1. The molecule has 0 aliphatic heterocycles. The van der Waals surface area contributed by atoms with Crippen LogP contribution in [0.25, 0.3) is 0 Å². The first-order valence-corrected chi connectivity index (χ1v) is 7.06. The van der Waals surface area contributed by atoms with E-state index in [1.54, 1.807) is 32.9 Å². The molecule has 3 nitrogen and oxygen atoms in total. The maximum Gasteiger partial charge on any atom is 0.237 e. The Hall–Kier alpha value is -0.300. The van der Waals surface area contributed by atoms with Crippen LogP contribution in [0.5, 0.6) is 0 Å². The minimum atomic E-state index is -3.32. The summed E-state index contributed by atoms with van der Waals surface area (Å²) < 4.78 is 26.4. The van der Waals surface area contributed by atoms with E-state index in [0.717, 1.165) is 3.57 Å². The standard InChI is InChI=1S/C10H14INO2S/c1-10(2,3)15(13,14)12-9-6-4-5-8(11)7-9/h4-7,12H,1-3H3. The van der Waals surface area contributed by atoms with Gasteiger partial charge in [-0.2, -0.15) is 0 Å². The minimum absolute atomic E-state index is 0.608. The number of anilines is 1. The Morgan fingerprint density at radius 2 is 1.87 bits per heavy atom. The summed E-state index contributed by atoms with van der Waals surface area (Å²) in [4.78, 5) is 0. The van der Waals surface area contributed by atoms with Crippen LogP contribution in [0.3, 0.4) is 0 Å². The quantitative estimate of drug-likeness (QED) is 0.843. The molecule has 15 heavy (non-hydrogen) atoms. The molecule has 0 saturated heterocycles. The van der Waals surface area contributed by atoms with Crippen LogP contribution in [0.2, 0.25) is 0 Å². The van der Waals surface area contributed by atoms with Gasteiger partial charge in [0.15, 0.2) is 0 Å². The van der Waals surface area contributed by atoms with Crippen molar-refractivity contribution in [3.05, 3.63) is 27.8 Å². The van der Waals surface area contributed by atoms with Gasteiger partial charge in [0, 0.05) is 9.26 Å². The number of nitrogens with one attached hydrogen (secondary N) is 1. The van der Waals surface area contributed by atoms with Crippen molar-refractivity contribution in [1.29, 1.82) is 0 Å². The lowest BCUT2D eigenvalue weighted by Gasteiger charge is -2.20. The highest BCUT2D eigenvalue weighted by molar-refractivity contribution is 14.1. The molecule has 0 unspecified atom stereocenters. The summed E-state index contributed by atoms with van der Waals surface area (Å²) >= 11 is 2.14. The minimum Gasteiger partial charge on any atom is -0.283 e. The van der Waals surface area contributed by atoms with Gasteiger partial charge >= 0.3 is 0 Å². The Morgan fingerprint density at radius 1 is 1.27 bits per heavy atom. The third-order valence-electron chi connectivity index (χ3n) is 1.88. The number of rotatable bonds is 2. The second-order valence-corrected chi connectivity index (χ2v) is 7.91. The molecule has 0 saturated carbocycles. The van der Waals surface area contributed by atoms with E-state index in [1.165, 1.54) is 0 Å². The maximum atomic E-state index is 11.8. The number of sulfonamides is 1. The molecule has 1 aromatic rings. The topological polar surface area (TPSA) is 46.2 Å². The molecule has 1 aromatic carbocycles. The van der Waals surface area contributed by atoms with Crippen molar-refractivity contribution >= 4 is 38.3 Å². The summed E-state index contributed by atoms with van der Waals surface area (Å²) in [5, 5.41) is 0. The van der Waals surface area contributed by atoms with E-state index in [0.29, 0.717) is 5.69 Å². The van der Waals surface area contributed by atoms with Crippen molar-refractivity contribution < 1.29 is 8.42 Å². The zero-order valence-electron chi connectivity index (χ0n) is 8.91. The molecule has 84 valence electrons. The molecule has 0 fully saturated rings. The Kier molecular flexibility index (Phi) is 3.65. The van der Waals surface area contributed by atoms with E-state index in [-0.39, 0.29) is 0 Å². The second-order valence-electron chi connectivity index (χ2n) is 4.23. The molecule has 5 heteroatoms. The summed E-state index contributed by atoms with van der Waals surface area (Å²) in [5.74, 6) is 0. The second kappa shape index (κ2) is 4.29. The molecule has 1 N–H and O–H groups in total. The maximum absolute atomic E-state index is 11.8. The Balaban J connectivity index is 2.98. The number of halogens is 1. The Bertz CT molecular complexity index is 449. The van der Waals surface area contributed by atoms with Gasteiger partial charge in [-0.15, -0.1) is 0 Å². The molecule has 1 rings (SSSR count). The van der Waals surface area contributed by atoms with Crippen LogP contribution in [0, 0.1) is 3.57 Å². The summed E-state index contributed by atoms with van der Waals surface area (Å²) in [5.41, 5.74) is 0.608. The summed E-state index contributed by atoms with van der Waals surface area (Å²) in [6.45, 7) is 5.01. The van der Waals surface area contributed by atoms with Crippen molar-refractivity contribution in [3.63, 3.8) is 0 Å². The van der Waals surface area contributed by atoms with Gasteiger partial charge < -0.3 is 0 Å². The van der Waals surface area contributed by atoms with Gasteiger partial charge in [-0.1, -0.05) is 6.07 Å². The summed E-state index contributed by atoms with van der Waals surface area (Å²) in [7, 11) is -3.32. The Morgan fingerprint density at radius 3 is 2.33 bits per heavy atom. The average Bonchev–Trinajstić information content (AvgIpc) is 2.00. The molecule has 0 amide bonds. The fourth-order valence-corrected chi connectivity index (χ4v) is 2.15. The van der Waals surface area contributed by atoms with Crippen LogP contribution in [0.4, 0.5) is 5.69 Å². The lowest BCUT2D eigenvalue weighted by atomic mass is 10.3. The lowest BCUT2D eigenvalue weighted by molar-refractivity contribution is 0.566. The lowest BCUT2D eigenvalue weighted by Crippen LogP contribution is -2.33. The fourth-order valence-electron chi connectivity index (χ4n) is 0.860. The summed E-state index contributed by atoms with van der Waals surface area (Å²) in [6.07, 6.45) is 0. The van der Waals surface area contributed by atoms with E-state index in [9.17, 15) is 8.42 Å². The molecule has 0 radical (unpaired) electrons. The van der Waals surface area contributed by atoms with Gasteiger partial charge in [0.25, 0.3) is 0 Å². The van der Waals surface area contributed by atoms with Crippen molar-refractivity contribution in [2.75, 3.05) is 4.72 Å². The number of hydrogen-bond donors (Lipinski definition) is 1. The average molecular weight is 339 g/mol. The predicted octanol–water partition coefficient (Wildman–Crippen LogP) is 2.83. The van der Waals surface area contributed by atoms with Crippen molar-refractivity contribution in [3.8, 4) is 0 Å². The van der Waals surface area contributed by atoms with Gasteiger partial charge in [0.1, 0.15) is 0 Å². The highest BCUT2D eigenvalue weighted by atomic mass is 127. The van der Waals surface area contributed by atoms with E-state index in [1.807, 2.05) is 12.1 Å². The van der Waals surface area contributed by atoms with E-state index in [2.05, 4.69) is 27.3 Å². The van der Waals surface area contributed by atoms with Crippen molar-refractivity contribution in [1.82, 2.24) is 0 Å². The van der Waals surface area contributed by atoms with Gasteiger partial charge in [-0.25, -0.2) is 8.42 Å². The van der Waals surface area contributed by atoms with Gasteiger partial charge in [-0.3, -0.25) is 4.72 Å². The normalized spacial score (nSPS) is 12.5. The molecule has 0 aliphatic rings. The van der Waals surface area contributed by atoms with Gasteiger partial charge in [0.05, 0.1) is 4.75 Å². The molecule has 0 heterocycles. The van der Waals surface area contributed by atoms with E-state index in [4.69, 9.17) is 0 Å². The predicted molar refractivity (Wildman–Crippen MR) is 71.5 cm³/mol. The third kappa shape index (κ3) is 3.34. The first kappa shape index (κ1) is 12.8. The van der Waals surface area contributed by atoms with Crippen LogP contribution in [0.15, 0.2) is 24.3 Å². The highest BCUT2D eigenvalue weighted by Crippen LogP contribution is 2.20. The zero-order chi connectivity index (χ0) is 11.7. The SMILES string of the molecule is CC(C)(C)S(=O)(=O)Nc1cccc(I)c1. The van der Waals surface area contributed by atoms with Crippen LogP contribution in [-0.4, -0.2) is 13.2 Å². The van der Waals surface area contributed by atoms with Crippen LogP contribution >= 0.6 is 22.6 Å². The van der Waals surface area contributed by atoms with Crippen LogP contribution in [0.1, 0.15) is 20.8 Å². The molecule has 0 atom stereocenters. The largest absolute Gasteiger partial charge is 0.283 e. The zero-order valence-corrected chi connectivity index (χ0v) is 11.9. The van der Waals surface area contributed by atoms with Crippen LogP contribution in [-0.2, 0) is 10.0 Å². The molecule has 0 bridgehead atoms. The molecule has 0 aliphatic carbocycles. The van der Waals surface area contributed by atoms with E-state index >= 15 is 0 Å². The molecule has 0 aromatic heterocycles. The van der Waals surface area contributed by atoms with E-state index < -0.39 is 14.8 Å². The van der Waals surface area contributed by atoms with Gasteiger partial charge in [-0.05, 0) is 61.6 Å². The first-order chi connectivity index (χ1) is 6.72. The third-order valence-corrected chi connectivity index (χ3v) is 4.67. The fraction of sp³-hybridized carbons (Fsp3) is 0.400. The molecule has 0 spiro atoms.